The van der Waals surface area contributed by atoms with Gasteiger partial charge < -0.3 is 25.3 Å². The van der Waals surface area contributed by atoms with E-state index in [9.17, 15) is 9.59 Å². The van der Waals surface area contributed by atoms with Gasteiger partial charge in [0.15, 0.2) is 5.96 Å². The Bertz CT molecular complexity index is 702. The standard InChI is InChI=1S/C17H23N5O3/c1-17(2,3)25-13(23)10-19-16-20-11-7-5-9-22(14(11)21-16)15(24)12-6-4-8-18-12/h4-8,11,14,18H,9-10H2,1-3H3,(H2,19,20,21). The second-order valence-corrected chi connectivity index (χ2v) is 6.98. The summed E-state index contributed by atoms with van der Waals surface area (Å²) in [5.41, 5.74) is -0.000878. The highest BCUT2D eigenvalue weighted by molar-refractivity contribution is 5.94. The van der Waals surface area contributed by atoms with Crippen molar-refractivity contribution < 1.29 is 14.3 Å². The molecule has 2 aliphatic heterocycles. The molecule has 1 saturated heterocycles. The summed E-state index contributed by atoms with van der Waals surface area (Å²) in [7, 11) is 0. The normalized spacial score (nSPS) is 23.8. The molecule has 134 valence electrons. The number of fused-ring (bicyclic) bond motifs is 1. The van der Waals surface area contributed by atoms with Crippen LogP contribution >= 0.6 is 0 Å². The molecule has 1 aromatic rings. The number of aromatic amines is 1. The summed E-state index contributed by atoms with van der Waals surface area (Å²) in [6, 6.07) is 3.44. The number of rotatable bonds is 3. The number of H-pyrrole nitrogens is 1. The molecule has 3 N–H and O–H groups in total. The molecule has 3 rings (SSSR count). The van der Waals surface area contributed by atoms with Crippen molar-refractivity contribution in [2.24, 2.45) is 4.99 Å². The van der Waals surface area contributed by atoms with Crippen molar-refractivity contribution in [3.05, 3.63) is 36.2 Å². The molecule has 0 aromatic carbocycles. The molecule has 1 amide bonds. The summed E-state index contributed by atoms with van der Waals surface area (Å²) >= 11 is 0. The number of guanidine groups is 1. The Kier molecular flexibility index (Phi) is 4.52. The molecule has 0 saturated carbocycles. The van der Waals surface area contributed by atoms with Crippen LogP contribution in [0.2, 0.25) is 0 Å². The van der Waals surface area contributed by atoms with Gasteiger partial charge in [-0.25, -0.2) is 4.99 Å². The van der Waals surface area contributed by atoms with Gasteiger partial charge in [0, 0.05) is 12.7 Å². The number of amides is 1. The van der Waals surface area contributed by atoms with E-state index in [1.165, 1.54) is 0 Å². The number of hydrogen-bond acceptors (Lipinski definition) is 4. The van der Waals surface area contributed by atoms with Crippen LogP contribution in [0, 0.1) is 0 Å². The molecule has 1 aromatic heterocycles. The van der Waals surface area contributed by atoms with Crippen molar-refractivity contribution in [3.8, 4) is 0 Å². The van der Waals surface area contributed by atoms with Gasteiger partial charge in [0.05, 0.1) is 6.04 Å². The van der Waals surface area contributed by atoms with Gasteiger partial charge in [0.1, 0.15) is 24.0 Å². The van der Waals surface area contributed by atoms with Crippen molar-refractivity contribution >= 4 is 17.8 Å². The Hall–Kier alpha value is -2.77. The monoisotopic (exact) mass is 345 g/mol. The third-order valence-electron chi connectivity index (χ3n) is 3.78. The van der Waals surface area contributed by atoms with Gasteiger partial charge in [-0.05, 0) is 32.9 Å². The zero-order chi connectivity index (χ0) is 18.0. The number of aromatic nitrogens is 1. The van der Waals surface area contributed by atoms with Crippen molar-refractivity contribution in [3.63, 3.8) is 0 Å². The van der Waals surface area contributed by atoms with Crippen LogP contribution in [0.15, 0.2) is 35.5 Å². The predicted molar refractivity (Wildman–Crippen MR) is 93.0 cm³/mol. The fourth-order valence-corrected chi connectivity index (χ4v) is 2.80. The Morgan fingerprint density at radius 1 is 1.36 bits per heavy atom. The third kappa shape index (κ3) is 4.01. The second kappa shape index (κ2) is 6.62. The van der Waals surface area contributed by atoms with Crippen molar-refractivity contribution in [1.29, 1.82) is 0 Å². The van der Waals surface area contributed by atoms with Crippen molar-refractivity contribution in [1.82, 2.24) is 20.5 Å². The summed E-state index contributed by atoms with van der Waals surface area (Å²) in [5, 5.41) is 6.36. The Balaban J connectivity index is 1.65. The van der Waals surface area contributed by atoms with E-state index in [1.54, 1.807) is 23.2 Å². The van der Waals surface area contributed by atoms with E-state index in [1.807, 2.05) is 32.9 Å². The van der Waals surface area contributed by atoms with Crippen LogP contribution in [-0.4, -0.2) is 58.6 Å². The molecule has 2 unspecified atom stereocenters. The number of hydrogen-bond donors (Lipinski definition) is 3. The zero-order valence-corrected chi connectivity index (χ0v) is 14.6. The molecule has 0 aliphatic carbocycles. The predicted octanol–water partition coefficient (Wildman–Crippen LogP) is 0.612. The van der Waals surface area contributed by atoms with Gasteiger partial charge >= 0.3 is 5.97 Å². The Morgan fingerprint density at radius 2 is 2.16 bits per heavy atom. The largest absolute Gasteiger partial charge is 0.459 e. The molecular weight excluding hydrogens is 322 g/mol. The highest BCUT2D eigenvalue weighted by atomic mass is 16.6. The van der Waals surface area contributed by atoms with E-state index in [4.69, 9.17) is 4.74 Å². The van der Waals surface area contributed by atoms with E-state index >= 15 is 0 Å². The Morgan fingerprint density at radius 3 is 2.84 bits per heavy atom. The van der Waals surface area contributed by atoms with Crippen molar-refractivity contribution in [2.45, 2.75) is 38.6 Å². The second-order valence-electron chi connectivity index (χ2n) is 6.98. The van der Waals surface area contributed by atoms with Gasteiger partial charge in [-0.2, -0.15) is 0 Å². The summed E-state index contributed by atoms with van der Waals surface area (Å²) in [6.45, 7) is 5.86. The quantitative estimate of drug-likeness (QED) is 0.551. The first-order valence-corrected chi connectivity index (χ1v) is 8.24. The lowest BCUT2D eigenvalue weighted by Gasteiger charge is -2.32. The average Bonchev–Trinajstić information content (AvgIpc) is 3.19. The van der Waals surface area contributed by atoms with Crippen LogP contribution < -0.4 is 10.6 Å². The molecule has 2 atom stereocenters. The average molecular weight is 345 g/mol. The molecule has 0 radical (unpaired) electrons. The smallest absolute Gasteiger partial charge is 0.328 e. The number of aliphatic imine (C=N–C) groups is 1. The van der Waals surface area contributed by atoms with Gasteiger partial charge in [0.25, 0.3) is 5.91 Å². The molecule has 1 fully saturated rings. The number of carbonyl (C=O) groups is 2. The lowest BCUT2D eigenvalue weighted by molar-refractivity contribution is -0.152. The van der Waals surface area contributed by atoms with Crippen LogP contribution in [0.3, 0.4) is 0 Å². The van der Waals surface area contributed by atoms with Crippen LogP contribution in [-0.2, 0) is 9.53 Å². The summed E-state index contributed by atoms with van der Waals surface area (Å²) in [5.74, 6) is -0.00271. The van der Waals surface area contributed by atoms with Gasteiger partial charge in [-0.15, -0.1) is 0 Å². The Labute approximate surface area is 146 Å². The maximum absolute atomic E-state index is 12.6. The van der Waals surface area contributed by atoms with Crippen LogP contribution in [0.4, 0.5) is 0 Å². The van der Waals surface area contributed by atoms with E-state index < -0.39 is 11.6 Å². The number of carbonyl (C=O) groups excluding carboxylic acids is 2. The summed E-state index contributed by atoms with van der Waals surface area (Å²) in [4.78, 5) is 33.3. The zero-order valence-electron chi connectivity index (χ0n) is 14.6. The topological polar surface area (TPSA) is 98.8 Å². The maximum Gasteiger partial charge on any atom is 0.328 e. The van der Waals surface area contributed by atoms with Gasteiger partial charge in [0.2, 0.25) is 0 Å². The minimum absolute atomic E-state index is 0.0830. The van der Waals surface area contributed by atoms with E-state index in [2.05, 4.69) is 20.6 Å². The minimum Gasteiger partial charge on any atom is -0.459 e. The first-order valence-electron chi connectivity index (χ1n) is 8.24. The molecule has 25 heavy (non-hydrogen) atoms. The number of esters is 1. The first kappa shape index (κ1) is 17.1. The highest BCUT2D eigenvalue weighted by Crippen LogP contribution is 2.17. The van der Waals surface area contributed by atoms with Crippen LogP contribution in [0.5, 0.6) is 0 Å². The maximum atomic E-state index is 12.6. The lowest BCUT2D eigenvalue weighted by atomic mass is 10.1. The van der Waals surface area contributed by atoms with Crippen molar-refractivity contribution in [2.75, 3.05) is 13.1 Å². The molecule has 0 spiro atoms. The van der Waals surface area contributed by atoms with Crippen LogP contribution in [0.25, 0.3) is 0 Å². The first-order chi connectivity index (χ1) is 11.8. The molecule has 3 heterocycles. The fraction of sp³-hybridized carbons (Fsp3) is 0.471. The van der Waals surface area contributed by atoms with Gasteiger partial charge in [-0.1, -0.05) is 12.2 Å². The van der Waals surface area contributed by atoms with E-state index in [-0.39, 0.29) is 24.7 Å². The van der Waals surface area contributed by atoms with E-state index in [0.29, 0.717) is 18.2 Å². The lowest BCUT2D eigenvalue weighted by Crippen LogP contribution is -2.53. The number of nitrogens with zero attached hydrogens (tertiary/aromatic N) is 2. The minimum atomic E-state index is -0.538. The molecule has 8 nitrogen and oxygen atoms in total. The fourth-order valence-electron chi connectivity index (χ4n) is 2.80. The molecule has 2 aliphatic rings. The number of nitrogens with one attached hydrogen (secondary N) is 3. The van der Waals surface area contributed by atoms with E-state index in [0.717, 1.165) is 0 Å². The van der Waals surface area contributed by atoms with Gasteiger partial charge in [-0.3, -0.25) is 9.59 Å². The molecular formula is C17H23N5O3. The van der Waals surface area contributed by atoms with Crippen LogP contribution in [0.1, 0.15) is 31.3 Å². The molecule has 0 bridgehead atoms. The summed E-state index contributed by atoms with van der Waals surface area (Å²) < 4.78 is 5.24. The highest BCUT2D eigenvalue weighted by Gasteiger charge is 2.38. The molecule has 8 heteroatoms. The number of ether oxygens (including phenoxy) is 1. The SMILES string of the molecule is CC(C)(C)OC(=O)CN=C1NC2C=CCN(C(=O)c3ccc[nH]3)C2N1. The summed E-state index contributed by atoms with van der Waals surface area (Å²) in [6.07, 6.45) is 5.40. The third-order valence-corrected chi connectivity index (χ3v) is 3.78.